The average molecular weight is 241 g/mol. The molecule has 0 saturated heterocycles. The summed E-state index contributed by atoms with van der Waals surface area (Å²) >= 11 is 2.28. The Kier molecular flexibility index (Phi) is 5.51. The molecule has 2 atom stereocenters. The van der Waals surface area contributed by atoms with Crippen molar-refractivity contribution in [2.75, 3.05) is 12.3 Å². The zero-order chi connectivity index (χ0) is 11.2. The van der Waals surface area contributed by atoms with E-state index in [1.165, 1.54) is 57.1 Å². The number of rotatable bonds is 5. The van der Waals surface area contributed by atoms with Gasteiger partial charge in [-0.05, 0) is 50.3 Å². The number of hydrogen-bond donors (Lipinski definition) is 1. The first-order chi connectivity index (χ1) is 7.88. The zero-order valence-corrected chi connectivity index (χ0v) is 11.5. The Morgan fingerprint density at radius 2 is 1.88 bits per heavy atom. The van der Waals surface area contributed by atoms with Crippen molar-refractivity contribution >= 4 is 11.8 Å². The fourth-order valence-electron chi connectivity index (χ4n) is 3.22. The van der Waals surface area contributed by atoms with Crippen LogP contribution in [0.5, 0.6) is 0 Å². The van der Waals surface area contributed by atoms with Crippen molar-refractivity contribution in [1.82, 2.24) is 5.32 Å². The molecule has 0 heterocycles. The lowest BCUT2D eigenvalue weighted by Gasteiger charge is -2.29. The van der Waals surface area contributed by atoms with Crippen molar-refractivity contribution < 1.29 is 0 Å². The van der Waals surface area contributed by atoms with Crippen LogP contribution in [0.2, 0.25) is 0 Å². The molecule has 2 saturated carbocycles. The zero-order valence-electron chi connectivity index (χ0n) is 10.7. The first-order valence-electron chi connectivity index (χ1n) is 7.23. The third-order valence-electron chi connectivity index (χ3n) is 4.16. The molecule has 2 aliphatic carbocycles. The van der Waals surface area contributed by atoms with Crippen LogP contribution in [0.15, 0.2) is 0 Å². The van der Waals surface area contributed by atoms with Crippen molar-refractivity contribution in [2.24, 2.45) is 5.92 Å². The van der Waals surface area contributed by atoms with Crippen molar-refractivity contribution in [2.45, 2.75) is 69.6 Å². The second-order valence-corrected chi connectivity index (χ2v) is 6.86. The van der Waals surface area contributed by atoms with E-state index in [-0.39, 0.29) is 0 Å². The van der Waals surface area contributed by atoms with E-state index < -0.39 is 0 Å². The number of thioether (sulfide) groups is 1. The average Bonchev–Trinajstić information content (AvgIpc) is 2.80. The largest absolute Gasteiger partial charge is 0.314 e. The highest BCUT2D eigenvalue weighted by atomic mass is 32.2. The second-order valence-electron chi connectivity index (χ2n) is 5.53. The van der Waals surface area contributed by atoms with Gasteiger partial charge in [0.1, 0.15) is 0 Å². The molecule has 0 aromatic heterocycles. The highest BCUT2D eigenvalue weighted by Crippen LogP contribution is 2.34. The quantitative estimate of drug-likeness (QED) is 0.785. The van der Waals surface area contributed by atoms with Crippen LogP contribution in [0.4, 0.5) is 0 Å². The van der Waals surface area contributed by atoms with Crippen LogP contribution >= 0.6 is 11.8 Å². The van der Waals surface area contributed by atoms with E-state index in [4.69, 9.17) is 0 Å². The summed E-state index contributed by atoms with van der Waals surface area (Å²) in [6.45, 7) is 3.37. The Labute approximate surface area is 105 Å². The molecule has 0 bridgehead atoms. The first-order valence-corrected chi connectivity index (χ1v) is 8.28. The summed E-state index contributed by atoms with van der Waals surface area (Å²) in [6, 6.07) is 0.819. The lowest BCUT2D eigenvalue weighted by Crippen LogP contribution is -2.35. The Balaban J connectivity index is 1.64. The molecule has 1 N–H and O–H groups in total. The highest BCUT2D eigenvalue weighted by molar-refractivity contribution is 7.99. The SMILES string of the molecule is CCNC1CCCC(SCC2CCCC2)C1. The Morgan fingerprint density at radius 3 is 2.62 bits per heavy atom. The maximum atomic E-state index is 3.63. The maximum Gasteiger partial charge on any atom is 0.00774 e. The van der Waals surface area contributed by atoms with Crippen molar-refractivity contribution in [3.05, 3.63) is 0 Å². The Bertz CT molecular complexity index is 187. The second kappa shape index (κ2) is 6.90. The van der Waals surface area contributed by atoms with Crippen molar-refractivity contribution in [3.8, 4) is 0 Å². The van der Waals surface area contributed by atoms with Gasteiger partial charge in [0, 0.05) is 11.3 Å². The molecule has 16 heavy (non-hydrogen) atoms. The van der Waals surface area contributed by atoms with Crippen molar-refractivity contribution in [3.63, 3.8) is 0 Å². The van der Waals surface area contributed by atoms with E-state index in [0.717, 1.165) is 23.8 Å². The van der Waals surface area contributed by atoms with Crippen LogP contribution in [0.3, 0.4) is 0 Å². The van der Waals surface area contributed by atoms with Gasteiger partial charge in [-0.15, -0.1) is 0 Å². The van der Waals surface area contributed by atoms with Gasteiger partial charge in [0.05, 0.1) is 0 Å². The molecule has 0 aliphatic heterocycles. The van der Waals surface area contributed by atoms with Gasteiger partial charge < -0.3 is 5.32 Å². The normalized spacial score (nSPS) is 32.1. The summed E-state index contributed by atoms with van der Waals surface area (Å²) in [5.74, 6) is 2.51. The van der Waals surface area contributed by atoms with Crippen LogP contribution < -0.4 is 5.32 Å². The van der Waals surface area contributed by atoms with Gasteiger partial charge >= 0.3 is 0 Å². The first kappa shape index (κ1) is 12.8. The van der Waals surface area contributed by atoms with E-state index >= 15 is 0 Å². The van der Waals surface area contributed by atoms with E-state index in [1.807, 2.05) is 0 Å². The van der Waals surface area contributed by atoms with Crippen molar-refractivity contribution in [1.29, 1.82) is 0 Å². The third kappa shape index (κ3) is 3.96. The molecule has 0 aromatic rings. The molecular weight excluding hydrogens is 214 g/mol. The molecule has 2 heteroatoms. The molecule has 2 fully saturated rings. The van der Waals surface area contributed by atoms with Gasteiger partial charge in [-0.25, -0.2) is 0 Å². The fraction of sp³-hybridized carbons (Fsp3) is 1.00. The van der Waals surface area contributed by atoms with E-state index in [0.29, 0.717) is 0 Å². The molecule has 0 amide bonds. The molecular formula is C14H27NS. The van der Waals surface area contributed by atoms with Crippen LogP contribution in [-0.2, 0) is 0 Å². The minimum atomic E-state index is 0.819. The topological polar surface area (TPSA) is 12.0 Å². The monoisotopic (exact) mass is 241 g/mol. The fourth-order valence-corrected chi connectivity index (χ4v) is 4.80. The van der Waals surface area contributed by atoms with E-state index in [1.54, 1.807) is 0 Å². The maximum absolute atomic E-state index is 3.63. The molecule has 0 spiro atoms. The summed E-state index contributed by atoms with van der Waals surface area (Å²) in [4.78, 5) is 0. The lowest BCUT2D eigenvalue weighted by atomic mass is 9.95. The summed E-state index contributed by atoms with van der Waals surface area (Å²) < 4.78 is 0. The number of nitrogens with one attached hydrogen (secondary N) is 1. The molecule has 2 aliphatic rings. The summed E-state index contributed by atoms with van der Waals surface area (Å²) in [5, 5.41) is 4.59. The van der Waals surface area contributed by atoms with Gasteiger partial charge in [-0.2, -0.15) is 11.8 Å². The van der Waals surface area contributed by atoms with Crippen LogP contribution in [0.1, 0.15) is 58.3 Å². The summed E-state index contributed by atoms with van der Waals surface area (Å²) in [5.41, 5.74) is 0. The van der Waals surface area contributed by atoms with Gasteiger partial charge in [0.25, 0.3) is 0 Å². The van der Waals surface area contributed by atoms with Gasteiger partial charge in [-0.3, -0.25) is 0 Å². The third-order valence-corrected chi connectivity index (χ3v) is 5.72. The molecule has 0 aromatic carbocycles. The van der Waals surface area contributed by atoms with Gasteiger partial charge in [-0.1, -0.05) is 26.2 Å². The minimum absolute atomic E-state index is 0.819. The Hall–Kier alpha value is 0.310. The van der Waals surface area contributed by atoms with Crippen LogP contribution in [0.25, 0.3) is 0 Å². The van der Waals surface area contributed by atoms with Crippen LogP contribution in [0, 0.1) is 5.92 Å². The summed E-state index contributed by atoms with van der Waals surface area (Å²) in [7, 11) is 0. The molecule has 2 unspecified atom stereocenters. The predicted molar refractivity (Wildman–Crippen MR) is 74.1 cm³/mol. The van der Waals surface area contributed by atoms with E-state index in [9.17, 15) is 0 Å². The van der Waals surface area contributed by atoms with Gasteiger partial charge in [0.2, 0.25) is 0 Å². The van der Waals surface area contributed by atoms with E-state index in [2.05, 4.69) is 24.0 Å². The van der Waals surface area contributed by atoms with Crippen LogP contribution in [-0.4, -0.2) is 23.6 Å². The molecule has 1 nitrogen and oxygen atoms in total. The minimum Gasteiger partial charge on any atom is -0.314 e. The molecule has 0 radical (unpaired) electrons. The lowest BCUT2D eigenvalue weighted by molar-refractivity contribution is 0.387. The van der Waals surface area contributed by atoms with Gasteiger partial charge in [0.15, 0.2) is 0 Å². The highest BCUT2D eigenvalue weighted by Gasteiger charge is 2.23. The predicted octanol–water partition coefficient (Wildman–Crippen LogP) is 3.83. The Morgan fingerprint density at radius 1 is 1.06 bits per heavy atom. The standard InChI is InChI=1S/C14H27NS/c1-2-15-13-8-5-9-14(10-13)16-11-12-6-3-4-7-12/h12-15H,2-11H2,1H3. The molecule has 2 rings (SSSR count). The smallest absolute Gasteiger partial charge is 0.00774 e. The summed E-state index contributed by atoms with van der Waals surface area (Å²) in [6.07, 6.45) is 11.8. The molecule has 94 valence electrons. The number of hydrogen-bond acceptors (Lipinski definition) is 2.